The first-order chi connectivity index (χ1) is 14.7. The third-order valence-corrected chi connectivity index (χ3v) is 6.12. The lowest BCUT2D eigenvalue weighted by molar-refractivity contribution is -0.212. The summed E-state index contributed by atoms with van der Waals surface area (Å²) in [5.74, 6) is -2.57. The van der Waals surface area contributed by atoms with Gasteiger partial charge in [-0.05, 0) is 12.0 Å². The normalized spacial score (nSPS) is 14.7. The number of hydrogen-bond donors (Lipinski definition) is 3. The highest BCUT2D eigenvalue weighted by Gasteiger charge is 2.57. The number of carbonyl (C=O) groups is 3. The molecule has 0 radical (unpaired) electrons. The molecule has 2 atom stereocenters. The first-order valence-corrected chi connectivity index (χ1v) is 11.2. The molecule has 0 bridgehead atoms. The summed E-state index contributed by atoms with van der Waals surface area (Å²) in [5.41, 5.74) is -4.12. The van der Waals surface area contributed by atoms with Gasteiger partial charge in [0.15, 0.2) is 5.60 Å². The summed E-state index contributed by atoms with van der Waals surface area (Å²) >= 11 is 0. The van der Waals surface area contributed by atoms with E-state index in [4.69, 9.17) is 8.92 Å². The maximum absolute atomic E-state index is 12.5. The Kier molecular flexibility index (Phi) is 9.61. The Bertz CT molecular complexity index is 900. The number of aliphatic hydroxyl groups is 1. The second-order valence-electron chi connectivity index (χ2n) is 7.65. The molecule has 0 saturated heterocycles. The topological polar surface area (TPSA) is 166 Å². The van der Waals surface area contributed by atoms with Crippen LogP contribution in [0.2, 0.25) is 0 Å². The number of hydrogen-bond acceptors (Lipinski definition) is 9. The largest absolute Gasteiger partial charge is 0.510 e. The summed E-state index contributed by atoms with van der Waals surface area (Å²) < 4.78 is 39.3. The van der Waals surface area contributed by atoms with Crippen LogP contribution in [0.25, 0.3) is 0 Å². The predicted molar refractivity (Wildman–Crippen MR) is 112 cm³/mol. The minimum Gasteiger partial charge on any atom is -0.479 e. The van der Waals surface area contributed by atoms with E-state index in [1.807, 2.05) is 0 Å². The van der Waals surface area contributed by atoms with E-state index >= 15 is 0 Å². The number of nitrogens with one attached hydrogen (secondary N) is 1. The summed E-state index contributed by atoms with van der Waals surface area (Å²) in [4.78, 5) is 34.8. The Morgan fingerprint density at radius 1 is 1.16 bits per heavy atom. The lowest BCUT2D eigenvalue weighted by Crippen LogP contribution is -2.60. The van der Waals surface area contributed by atoms with Crippen molar-refractivity contribution in [2.75, 3.05) is 19.4 Å². The van der Waals surface area contributed by atoms with Gasteiger partial charge in [-0.1, -0.05) is 44.2 Å². The van der Waals surface area contributed by atoms with Gasteiger partial charge in [0.1, 0.15) is 0 Å². The fourth-order valence-corrected chi connectivity index (χ4v) is 3.92. The van der Waals surface area contributed by atoms with Gasteiger partial charge >= 0.3 is 12.1 Å². The number of carbonyl (C=O) groups excluding carboxylic acids is 2. The van der Waals surface area contributed by atoms with Crippen molar-refractivity contribution >= 4 is 28.1 Å². The van der Waals surface area contributed by atoms with Crippen LogP contribution < -0.4 is 5.32 Å². The number of aliphatic carboxylic acids is 1. The number of methoxy groups -OCH3 is 1. The van der Waals surface area contributed by atoms with E-state index in [9.17, 15) is 33.0 Å². The lowest BCUT2D eigenvalue weighted by Gasteiger charge is -2.42. The van der Waals surface area contributed by atoms with E-state index in [2.05, 4.69) is 10.1 Å². The fraction of sp³-hybridized carbons (Fsp3) is 0.550. The Morgan fingerprint density at radius 3 is 2.25 bits per heavy atom. The second-order valence-corrected chi connectivity index (χ2v) is 9.36. The monoisotopic (exact) mass is 475 g/mol. The SMILES string of the molecule is COC(=O)OC(OS(=O)(=O)CCCNC(C)=O)C(C)(C)[C@](O)(Cc1ccccc1)C(=O)O. The van der Waals surface area contributed by atoms with Crippen LogP contribution in [0.5, 0.6) is 0 Å². The Balaban J connectivity index is 3.23. The summed E-state index contributed by atoms with van der Waals surface area (Å²) in [6.07, 6.45) is -3.81. The molecule has 0 saturated carbocycles. The maximum atomic E-state index is 12.5. The number of carboxylic acid groups (broad SMARTS) is 1. The Labute approximate surface area is 186 Å². The number of benzene rings is 1. The van der Waals surface area contributed by atoms with Crippen LogP contribution in [0.4, 0.5) is 4.79 Å². The van der Waals surface area contributed by atoms with Crippen LogP contribution in [-0.2, 0) is 39.8 Å². The molecule has 0 aliphatic rings. The minimum atomic E-state index is -4.36. The quantitative estimate of drug-likeness (QED) is 0.172. The molecule has 32 heavy (non-hydrogen) atoms. The van der Waals surface area contributed by atoms with Crippen LogP contribution in [0.15, 0.2) is 30.3 Å². The van der Waals surface area contributed by atoms with E-state index in [-0.39, 0.29) is 18.9 Å². The first-order valence-electron chi connectivity index (χ1n) is 9.65. The Morgan fingerprint density at radius 2 is 1.75 bits per heavy atom. The molecule has 12 heteroatoms. The molecule has 0 aliphatic carbocycles. The maximum Gasteiger partial charge on any atom is 0.510 e. The number of amides is 1. The third-order valence-electron chi connectivity index (χ3n) is 4.86. The molecule has 0 heterocycles. The van der Waals surface area contributed by atoms with E-state index in [1.165, 1.54) is 20.8 Å². The van der Waals surface area contributed by atoms with Crippen molar-refractivity contribution in [1.82, 2.24) is 5.32 Å². The van der Waals surface area contributed by atoms with Crippen molar-refractivity contribution in [3.63, 3.8) is 0 Å². The highest BCUT2D eigenvalue weighted by molar-refractivity contribution is 7.86. The van der Waals surface area contributed by atoms with Gasteiger partial charge in [0, 0.05) is 19.9 Å². The zero-order chi connectivity index (χ0) is 24.6. The molecule has 3 N–H and O–H groups in total. The Hall–Kier alpha value is -2.70. The lowest BCUT2D eigenvalue weighted by atomic mass is 9.71. The fourth-order valence-electron chi connectivity index (χ4n) is 2.78. The van der Waals surface area contributed by atoms with Gasteiger partial charge in [-0.3, -0.25) is 4.79 Å². The molecule has 11 nitrogen and oxygen atoms in total. The molecule has 1 rings (SSSR count). The van der Waals surface area contributed by atoms with Crippen LogP contribution in [0, 0.1) is 5.41 Å². The highest BCUT2D eigenvalue weighted by Crippen LogP contribution is 2.40. The first kappa shape index (κ1) is 27.3. The van der Waals surface area contributed by atoms with Crippen molar-refractivity contribution < 1.29 is 46.7 Å². The standard InChI is InChI=1S/C20H29NO10S/c1-14(22)21-11-8-12-32(27,28)31-17(30-18(25)29-4)19(2,3)20(26,16(23)24)13-15-9-6-5-7-10-15/h5-7,9-10,17,26H,8,11-13H2,1-4H3,(H,21,22)(H,23,24)/t17?,20-/m0/s1. The van der Waals surface area contributed by atoms with Crippen molar-refractivity contribution in [1.29, 1.82) is 0 Å². The smallest absolute Gasteiger partial charge is 0.479 e. The molecule has 0 spiro atoms. The zero-order valence-corrected chi connectivity index (χ0v) is 19.2. The van der Waals surface area contributed by atoms with Gasteiger partial charge < -0.3 is 25.0 Å². The summed E-state index contributed by atoms with van der Waals surface area (Å²) in [6, 6.07) is 8.15. The summed E-state index contributed by atoms with van der Waals surface area (Å²) in [7, 11) is -3.39. The molecule has 1 amide bonds. The van der Waals surface area contributed by atoms with E-state index in [0.29, 0.717) is 5.56 Å². The second kappa shape index (κ2) is 11.2. The van der Waals surface area contributed by atoms with Gasteiger partial charge in [-0.25, -0.2) is 13.8 Å². The average molecular weight is 476 g/mol. The molecular weight excluding hydrogens is 446 g/mol. The minimum absolute atomic E-state index is 0.0134. The van der Waals surface area contributed by atoms with Crippen LogP contribution in [-0.4, -0.2) is 68.0 Å². The highest BCUT2D eigenvalue weighted by atomic mass is 32.2. The molecule has 0 aromatic heterocycles. The molecular formula is C20H29NO10S. The summed E-state index contributed by atoms with van der Waals surface area (Å²) in [6.45, 7) is 3.72. The predicted octanol–water partition coefficient (Wildman–Crippen LogP) is 1.05. The third kappa shape index (κ3) is 7.46. The molecule has 1 aromatic rings. The zero-order valence-electron chi connectivity index (χ0n) is 18.4. The number of ether oxygens (including phenoxy) is 2. The van der Waals surface area contributed by atoms with Crippen LogP contribution in [0.1, 0.15) is 32.8 Å². The molecule has 0 fully saturated rings. The van der Waals surface area contributed by atoms with Crippen molar-refractivity contribution in [2.45, 2.75) is 45.5 Å². The van der Waals surface area contributed by atoms with Gasteiger partial charge in [0.25, 0.3) is 10.1 Å². The van der Waals surface area contributed by atoms with Gasteiger partial charge in [0.05, 0.1) is 18.3 Å². The average Bonchev–Trinajstić information content (AvgIpc) is 2.70. The van der Waals surface area contributed by atoms with Gasteiger partial charge in [0.2, 0.25) is 12.2 Å². The van der Waals surface area contributed by atoms with Gasteiger partial charge in [-0.15, -0.1) is 0 Å². The molecule has 180 valence electrons. The van der Waals surface area contributed by atoms with E-state index in [0.717, 1.165) is 7.11 Å². The van der Waals surface area contributed by atoms with Crippen molar-refractivity contribution in [3.05, 3.63) is 35.9 Å². The van der Waals surface area contributed by atoms with Crippen molar-refractivity contribution in [3.8, 4) is 0 Å². The van der Waals surface area contributed by atoms with Crippen LogP contribution in [0.3, 0.4) is 0 Å². The number of rotatable bonds is 12. The molecule has 1 aromatic carbocycles. The molecule has 1 unspecified atom stereocenters. The van der Waals surface area contributed by atoms with E-state index in [1.54, 1.807) is 30.3 Å². The van der Waals surface area contributed by atoms with Crippen molar-refractivity contribution in [2.24, 2.45) is 5.41 Å². The molecule has 0 aliphatic heterocycles. The van der Waals surface area contributed by atoms with Gasteiger partial charge in [-0.2, -0.15) is 8.42 Å². The summed E-state index contributed by atoms with van der Waals surface area (Å²) in [5, 5.41) is 23.4. The van der Waals surface area contributed by atoms with E-state index < -0.39 is 51.7 Å². The van der Waals surface area contributed by atoms with Crippen LogP contribution >= 0.6 is 0 Å². The number of carboxylic acids is 1.